The molecule has 0 bridgehead atoms. The first-order chi connectivity index (χ1) is 10.6. The number of amides is 1. The minimum Gasteiger partial charge on any atom is -0.359 e. The molecule has 0 spiro atoms. The molecule has 1 unspecified atom stereocenters. The predicted molar refractivity (Wildman–Crippen MR) is 92.0 cm³/mol. The van der Waals surface area contributed by atoms with E-state index < -0.39 is 0 Å². The van der Waals surface area contributed by atoms with Crippen molar-refractivity contribution in [3.63, 3.8) is 0 Å². The summed E-state index contributed by atoms with van der Waals surface area (Å²) in [5.74, 6) is -0.104. The van der Waals surface area contributed by atoms with Gasteiger partial charge in [-0.1, -0.05) is 47.5 Å². The maximum absolute atomic E-state index is 12.3. The summed E-state index contributed by atoms with van der Waals surface area (Å²) in [6.07, 6.45) is 0.960. The number of carbonyl (C=O) groups excluding carboxylic acids is 1. The number of halogens is 2. The fraction of sp³-hybridized carbons (Fsp3) is 0.235. The van der Waals surface area contributed by atoms with Crippen molar-refractivity contribution in [3.8, 4) is 0 Å². The van der Waals surface area contributed by atoms with Gasteiger partial charge in [-0.3, -0.25) is 4.79 Å². The van der Waals surface area contributed by atoms with Crippen LogP contribution in [-0.2, 0) is 11.2 Å². The Balaban J connectivity index is 1.74. The molecule has 0 saturated heterocycles. The van der Waals surface area contributed by atoms with Gasteiger partial charge in [-0.25, -0.2) is 0 Å². The average Bonchev–Trinajstić information content (AvgIpc) is 2.80. The van der Waals surface area contributed by atoms with Crippen LogP contribution >= 0.6 is 23.2 Å². The first kappa shape index (κ1) is 15.2. The lowest BCUT2D eigenvalue weighted by Crippen LogP contribution is -2.37. The van der Waals surface area contributed by atoms with Crippen LogP contribution in [0.3, 0.4) is 0 Å². The molecule has 0 fully saturated rings. The first-order valence-electron chi connectivity index (χ1n) is 7.14. The van der Waals surface area contributed by atoms with E-state index in [2.05, 4.69) is 29.3 Å². The van der Waals surface area contributed by atoms with E-state index in [-0.39, 0.29) is 5.91 Å². The van der Waals surface area contributed by atoms with Gasteiger partial charge in [0.05, 0.1) is 22.3 Å². The van der Waals surface area contributed by atoms with Gasteiger partial charge in [0.25, 0.3) is 0 Å². The van der Waals surface area contributed by atoms with Gasteiger partial charge >= 0.3 is 0 Å². The number of carbonyl (C=O) groups is 1. The molecule has 1 aliphatic heterocycles. The molecule has 114 valence electrons. The summed E-state index contributed by atoms with van der Waals surface area (Å²) in [7, 11) is 0. The van der Waals surface area contributed by atoms with E-state index in [0.29, 0.717) is 28.3 Å². The molecule has 2 aromatic rings. The standard InChI is InChI=1S/C17H16Cl2N2O/c1-11-9-12-5-2-3-8-15(12)21(11)10-16(22)20-14-7-4-6-13(18)17(14)19/h2-8,11H,9-10H2,1H3,(H,20,22). The third-order valence-corrected chi connectivity index (χ3v) is 4.71. The Morgan fingerprint density at radius 1 is 1.23 bits per heavy atom. The lowest BCUT2D eigenvalue weighted by Gasteiger charge is -2.24. The normalized spacial score (nSPS) is 16.5. The third kappa shape index (κ3) is 2.92. The van der Waals surface area contributed by atoms with Crippen LogP contribution in [0.1, 0.15) is 12.5 Å². The lowest BCUT2D eigenvalue weighted by molar-refractivity contribution is -0.115. The van der Waals surface area contributed by atoms with Gasteiger partial charge in [0.15, 0.2) is 0 Å². The highest BCUT2D eigenvalue weighted by molar-refractivity contribution is 6.44. The first-order valence-corrected chi connectivity index (χ1v) is 7.90. The molecule has 1 N–H and O–H groups in total. The van der Waals surface area contributed by atoms with E-state index in [4.69, 9.17) is 23.2 Å². The molecule has 2 aromatic carbocycles. The van der Waals surface area contributed by atoms with Crippen molar-refractivity contribution in [2.24, 2.45) is 0 Å². The topological polar surface area (TPSA) is 32.3 Å². The number of hydrogen-bond acceptors (Lipinski definition) is 2. The summed E-state index contributed by atoms with van der Waals surface area (Å²) in [4.78, 5) is 14.4. The van der Waals surface area contributed by atoms with Crippen LogP contribution in [0, 0.1) is 0 Å². The SMILES string of the molecule is CC1Cc2ccccc2N1CC(=O)Nc1cccc(Cl)c1Cl. The number of nitrogens with one attached hydrogen (secondary N) is 1. The van der Waals surface area contributed by atoms with Crippen molar-refractivity contribution in [1.29, 1.82) is 0 Å². The summed E-state index contributed by atoms with van der Waals surface area (Å²) in [6.45, 7) is 2.42. The van der Waals surface area contributed by atoms with Gasteiger partial charge in [0, 0.05) is 11.7 Å². The summed E-state index contributed by atoms with van der Waals surface area (Å²) in [5, 5.41) is 3.63. The second kappa shape index (κ2) is 6.19. The number of benzene rings is 2. The Hall–Kier alpha value is -1.71. The van der Waals surface area contributed by atoms with E-state index in [9.17, 15) is 4.79 Å². The van der Waals surface area contributed by atoms with Crippen LogP contribution in [0.5, 0.6) is 0 Å². The third-order valence-electron chi connectivity index (χ3n) is 3.89. The zero-order valence-corrected chi connectivity index (χ0v) is 13.7. The fourth-order valence-electron chi connectivity index (χ4n) is 2.82. The molecule has 0 aliphatic carbocycles. The number of rotatable bonds is 3. The van der Waals surface area contributed by atoms with Crippen LogP contribution in [0.25, 0.3) is 0 Å². The minimum atomic E-state index is -0.104. The molecular formula is C17H16Cl2N2O. The van der Waals surface area contributed by atoms with E-state index in [1.165, 1.54) is 5.56 Å². The van der Waals surface area contributed by atoms with Crippen molar-refractivity contribution >= 4 is 40.5 Å². The quantitative estimate of drug-likeness (QED) is 0.903. The highest BCUT2D eigenvalue weighted by atomic mass is 35.5. The second-order valence-corrected chi connectivity index (χ2v) is 6.24. The highest BCUT2D eigenvalue weighted by Crippen LogP contribution is 2.32. The Bertz CT molecular complexity index is 718. The molecule has 3 nitrogen and oxygen atoms in total. The molecule has 3 rings (SSSR count). The largest absolute Gasteiger partial charge is 0.359 e. The monoisotopic (exact) mass is 334 g/mol. The summed E-state index contributed by atoms with van der Waals surface area (Å²) >= 11 is 12.1. The van der Waals surface area contributed by atoms with Crippen molar-refractivity contribution in [1.82, 2.24) is 0 Å². The van der Waals surface area contributed by atoms with Crippen molar-refractivity contribution in [2.45, 2.75) is 19.4 Å². The zero-order valence-electron chi connectivity index (χ0n) is 12.1. The maximum Gasteiger partial charge on any atom is 0.243 e. The molecular weight excluding hydrogens is 319 g/mol. The van der Waals surface area contributed by atoms with Crippen LogP contribution in [0.4, 0.5) is 11.4 Å². The van der Waals surface area contributed by atoms with Crippen LogP contribution in [0.15, 0.2) is 42.5 Å². The number of fused-ring (bicyclic) bond motifs is 1. The number of para-hydroxylation sites is 1. The van der Waals surface area contributed by atoms with Crippen LogP contribution in [-0.4, -0.2) is 18.5 Å². The fourth-order valence-corrected chi connectivity index (χ4v) is 3.16. The van der Waals surface area contributed by atoms with Gasteiger partial charge in [-0.2, -0.15) is 0 Å². The summed E-state index contributed by atoms with van der Waals surface area (Å²) in [5.41, 5.74) is 2.95. The molecule has 1 heterocycles. The maximum atomic E-state index is 12.3. The van der Waals surface area contributed by atoms with Gasteiger partial charge in [-0.05, 0) is 37.1 Å². The Labute approximate surface area is 139 Å². The molecule has 5 heteroatoms. The molecule has 1 amide bonds. The van der Waals surface area contributed by atoms with Crippen molar-refractivity contribution in [3.05, 3.63) is 58.1 Å². The van der Waals surface area contributed by atoms with E-state index in [1.807, 2.05) is 12.1 Å². The lowest BCUT2D eigenvalue weighted by atomic mass is 10.1. The van der Waals surface area contributed by atoms with Gasteiger partial charge < -0.3 is 10.2 Å². The summed E-state index contributed by atoms with van der Waals surface area (Å²) in [6, 6.07) is 13.7. The minimum absolute atomic E-state index is 0.104. The average molecular weight is 335 g/mol. The molecule has 1 aliphatic rings. The molecule has 0 aromatic heterocycles. The van der Waals surface area contributed by atoms with Crippen molar-refractivity contribution < 1.29 is 4.79 Å². The van der Waals surface area contributed by atoms with Crippen LogP contribution in [0.2, 0.25) is 10.0 Å². The number of hydrogen-bond donors (Lipinski definition) is 1. The number of nitrogens with zero attached hydrogens (tertiary/aromatic N) is 1. The van der Waals surface area contributed by atoms with E-state index >= 15 is 0 Å². The van der Waals surface area contributed by atoms with Gasteiger partial charge in [0.1, 0.15) is 0 Å². The summed E-state index contributed by atoms with van der Waals surface area (Å²) < 4.78 is 0. The van der Waals surface area contributed by atoms with Gasteiger partial charge in [-0.15, -0.1) is 0 Å². The molecule has 22 heavy (non-hydrogen) atoms. The van der Waals surface area contributed by atoms with E-state index in [0.717, 1.165) is 12.1 Å². The predicted octanol–water partition coefficient (Wildman–Crippen LogP) is 4.38. The molecule has 0 radical (unpaired) electrons. The van der Waals surface area contributed by atoms with Gasteiger partial charge in [0.2, 0.25) is 5.91 Å². The number of anilines is 2. The van der Waals surface area contributed by atoms with E-state index in [1.54, 1.807) is 18.2 Å². The molecule has 0 saturated carbocycles. The smallest absolute Gasteiger partial charge is 0.243 e. The Morgan fingerprint density at radius 2 is 2.00 bits per heavy atom. The highest BCUT2D eigenvalue weighted by Gasteiger charge is 2.27. The van der Waals surface area contributed by atoms with Crippen LogP contribution < -0.4 is 10.2 Å². The zero-order chi connectivity index (χ0) is 15.7. The second-order valence-electron chi connectivity index (χ2n) is 5.46. The Morgan fingerprint density at radius 3 is 2.82 bits per heavy atom. The van der Waals surface area contributed by atoms with Crippen molar-refractivity contribution in [2.75, 3.05) is 16.8 Å². The molecule has 1 atom stereocenters. The Kier molecular flexibility index (Phi) is 4.27.